The highest BCUT2D eigenvalue weighted by molar-refractivity contribution is 7.09. The quantitative estimate of drug-likeness (QED) is 0.863. The Bertz CT molecular complexity index is 370. The van der Waals surface area contributed by atoms with Gasteiger partial charge in [-0.2, -0.15) is 0 Å². The Morgan fingerprint density at radius 1 is 1.41 bits per heavy atom. The van der Waals surface area contributed by atoms with Gasteiger partial charge in [-0.15, -0.1) is 11.3 Å². The first-order chi connectivity index (χ1) is 8.36. The molecule has 0 amide bonds. The van der Waals surface area contributed by atoms with Gasteiger partial charge in [0.25, 0.3) is 0 Å². The van der Waals surface area contributed by atoms with E-state index < -0.39 is 0 Å². The number of thiazole rings is 1. The molecular weight excluding hydrogens is 232 g/mol. The average Bonchev–Trinajstić information content (AvgIpc) is 2.86. The van der Waals surface area contributed by atoms with E-state index in [1.165, 1.54) is 43.4 Å². The molecule has 0 saturated carbocycles. The van der Waals surface area contributed by atoms with E-state index in [4.69, 9.17) is 4.98 Å². The van der Waals surface area contributed by atoms with Gasteiger partial charge in [0.2, 0.25) is 0 Å². The maximum absolute atomic E-state index is 4.78. The maximum atomic E-state index is 4.78. The fourth-order valence-corrected chi connectivity index (χ4v) is 3.61. The van der Waals surface area contributed by atoms with Gasteiger partial charge in [0, 0.05) is 44.6 Å². The van der Waals surface area contributed by atoms with Gasteiger partial charge in [0.1, 0.15) is 5.01 Å². The Labute approximate surface area is 107 Å². The fourth-order valence-electron chi connectivity index (χ4n) is 2.66. The van der Waals surface area contributed by atoms with Crippen molar-refractivity contribution in [2.75, 3.05) is 39.3 Å². The molecule has 94 valence electrons. The molecule has 1 unspecified atom stereocenters. The van der Waals surface area contributed by atoms with Gasteiger partial charge < -0.3 is 5.32 Å². The zero-order valence-electron chi connectivity index (χ0n) is 10.4. The molecule has 1 aromatic heterocycles. The van der Waals surface area contributed by atoms with E-state index in [0.717, 1.165) is 13.1 Å². The lowest BCUT2D eigenvalue weighted by Crippen LogP contribution is -2.56. The number of piperazine rings is 3. The SMILES string of the molecule is CCNCc1csc(C2CN3CCN2CC3)n1. The molecule has 5 heteroatoms. The molecule has 1 atom stereocenters. The van der Waals surface area contributed by atoms with Crippen LogP contribution in [-0.2, 0) is 6.54 Å². The lowest BCUT2D eigenvalue weighted by Gasteiger charge is -2.46. The van der Waals surface area contributed by atoms with Gasteiger partial charge in [0.05, 0.1) is 11.7 Å². The highest BCUT2D eigenvalue weighted by Crippen LogP contribution is 2.30. The average molecular weight is 252 g/mol. The zero-order valence-corrected chi connectivity index (χ0v) is 11.2. The molecule has 17 heavy (non-hydrogen) atoms. The van der Waals surface area contributed by atoms with E-state index in [0.29, 0.717) is 6.04 Å². The van der Waals surface area contributed by atoms with E-state index in [9.17, 15) is 0 Å². The van der Waals surface area contributed by atoms with Crippen LogP contribution in [0.25, 0.3) is 0 Å². The van der Waals surface area contributed by atoms with Crippen LogP contribution < -0.4 is 5.32 Å². The van der Waals surface area contributed by atoms with Crippen molar-refractivity contribution in [3.05, 3.63) is 16.1 Å². The number of nitrogens with one attached hydrogen (secondary N) is 1. The number of nitrogens with zero attached hydrogens (tertiary/aromatic N) is 3. The minimum atomic E-state index is 0.554. The summed E-state index contributed by atoms with van der Waals surface area (Å²) in [5.74, 6) is 0. The van der Waals surface area contributed by atoms with Crippen molar-refractivity contribution in [1.82, 2.24) is 20.1 Å². The molecule has 1 N–H and O–H groups in total. The first-order valence-corrected chi connectivity index (χ1v) is 7.36. The van der Waals surface area contributed by atoms with Gasteiger partial charge in [-0.05, 0) is 6.54 Å². The van der Waals surface area contributed by atoms with Crippen LogP contribution in [0.4, 0.5) is 0 Å². The summed E-state index contributed by atoms with van der Waals surface area (Å²) >= 11 is 1.83. The van der Waals surface area contributed by atoms with Crippen LogP contribution in [0.3, 0.4) is 0 Å². The topological polar surface area (TPSA) is 31.4 Å². The largest absolute Gasteiger partial charge is 0.311 e. The molecule has 0 aliphatic carbocycles. The van der Waals surface area contributed by atoms with Crippen LogP contribution in [0.5, 0.6) is 0 Å². The number of aromatic nitrogens is 1. The molecule has 3 fully saturated rings. The Kier molecular flexibility index (Phi) is 3.42. The Morgan fingerprint density at radius 2 is 2.24 bits per heavy atom. The molecule has 4 nitrogen and oxygen atoms in total. The van der Waals surface area contributed by atoms with Crippen LogP contribution in [0.2, 0.25) is 0 Å². The Hall–Kier alpha value is -0.490. The first kappa shape index (κ1) is 11.6. The summed E-state index contributed by atoms with van der Waals surface area (Å²) < 4.78 is 0. The third-order valence-electron chi connectivity index (χ3n) is 3.69. The second-order valence-electron chi connectivity index (χ2n) is 4.81. The summed E-state index contributed by atoms with van der Waals surface area (Å²) in [6, 6.07) is 0.554. The van der Waals surface area contributed by atoms with Crippen LogP contribution in [0.15, 0.2) is 5.38 Å². The summed E-state index contributed by atoms with van der Waals surface area (Å²) in [5.41, 5.74) is 1.20. The van der Waals surface area contributed by atoms with Crippen LogP contribution in [0, 0.1) is 0 Å². The van der Waals surface area contributed by atoms with Gasteiger partial charge in [-0.1, -0.05) is 6.92 Å². The van der Waals surface area contributed by atoms with Crippen LogP contribution in [-0.4, -0.2) is 54.1 Å². The molecule has 0 aromatic carbocycles. The number of fused-ring (bicyclic) bond motifs is 3. The monoisotopic (exact) mass is 252 g/mol. The predicted octanol–water partition coefficient (Wildman–Crippen LogP) is 0.925. The molecular formula is C12H20N4S. The number of hydrogen-bond donors (Lipinski definition) is 1. The minimum Gasteiger partial charge on any atom is -0.311 e. The smallest absolute Gasteiger partial charge is 0.111 e. The highest BCUT2D eigenvalue weighted by atomic mass is 32.1. The molecule has 3 aliphatic heterocycles. The van der Waals surface area contributed by atoms with E-state index >= 15 is 0 Å². The summed E-state index contributed by atoms with van der Waals surface area (Å²) in [7, 11) is 0. The lowest BCUT2D eigenvalue weighted by molar-refractivity contribution is 0.0122. The highest BCUT2D eigenvalue weighted by Gasteiger charge is 2.34. The normalized spacial score (nSPS) is 31.9. The van der Waals surface area contributed by atoms with Crippen LogP contribution >= 0.6 is 11.3 Å². The molecule has 4 heterocycles. The summed E-state index contributed by atoms with van der Waals surface area (Å²) in [6.45, 7) is 10.1. The van der Waals surface area contributed by atoms with Crippen molar-refractivity contribution in [2.45, 2.75) is 19.5 Å². The van der Waals surface area contributed by atoms with Crippen molar-refractivity contribution < 1.29 is 0 Å². The van der Waals surface area contributed by atoms with Crippen molar-refractivity contribution in [3.8, 4) is 0 Å². The van der Waals surface area contributed by atoms with Crippen molar-refractivity contribution >= 4 is 11.3 Å². The third kappa shape index (κ3) is 2.38. The Balaban J connectivity index is 1.69. The molecule has 2 bridgehead atoms. The summed E-state index contributed by atoms with van der Waals surface area (Å²) in [4.78, 5) is 9.94. The van der Waals surface area contributed by atoms with E-state index in [-0.39, 0.29) is 0 Å². The van der Waals surface area contributed by atoms with Gasteiger partial charge in [-0.25, -0.2) is 4.98 Å². The third-order valence-corrected chi connectivity index (χ3v) is 4.68. The fraction of sp³-hybridized carbons (Fsp3) is 0.750. The second kappa shape index (κ2) is 5.02. The van der Waals surface area contributed by atoms with E-state index in [1.54, 1.807) is 0 Å². The van der Waals surface area contributed by atoms with Crippen molar-refractivity contribution in [1.29, 1.82) is 0 Å². The zero-order chi connectivity index (χ0) is 11.7. The molecule has 1 aromatic rings. The van der Waals surface area contributed by atoms with Gasteiger partial charge in [-0.3, -0.25) is 9.80 Å². The number of hydrogen-bond acceptors (Lipinski definition) is 5. The lowest BCUT2D eigenvalue weighted by atomic mass is 10.1. The molecule has 4 rings (SSSR count). The summed E-state index contributed by atoms with van der Waals surface area (Å²) in [6.07, 6.45) is 0. The maximum Gasteiger partial charge on any atom is 0.111 e. The molecule has 0 radical (unpaired) electrons. The van der Waals surface area contributed by atoms with Crippen molar-refractivity contribution in [3.63, 3.8) is 0 Å². The first-order valence-electron chi connectivity index (χ1n) is 6.48. The summed E-state index contributed by atoms with van der Waals surface area (Å²) in [5, 5.41) is 6.85. The van der Waals surface area contributed by atoms with Gasteiger partial charge in [0.15, 0.2) is 0 Å². The predicted molar refractivity (Wildman–Crippen MR) is 70.2 cm³/mol. The van der Waals surface area contributed by atoms with E-state index in [2.05, 4.69) is 27.4 Å². The second-order valence-corrected chi connectivity index (χ2v) is 5.70. The molecule has 0 spiro atoms. The van der Waals surface area contributed by atoms with Crippen molar-refractivity contribution in [2.24, 2.45) is 0 Å². The standard InChI is InChI=1S/C12H20N4S/c1-2-13-7-10-9-17-12(14-10)11-8-15-3-5-16(11)6-4-15/h9,11,13H,2-8H2,1H3. The molecule has 3 saturated heterocycles. The molecule has 3 aliphatic rings. The van der Waals surface area contributed by atoms with Gasteiger partial charge >= 0.3 is 0 Å². The van der Waals surface area contributed by atoms with E-state index in [1.807, 2.05) is 11.3 Å². The Morgan fingerprint density at radius 3 is 2.88 bits per heavy atom. The number of rotatable bonds is 4. The minimum absolute atomic E-state index is 0.554. The van der Waals surface area contributed by atoms with Crippen LogP contribution in [0.1, 0.15) is 23.7 Å².